The molecule has 194 valence electrons. The smallest absolute Gasteiger partial charge is 0.245 e. The van der Waals surface area contributed by atoms with Gasteiger partial charge >= 0.3 is 0 Å². The monoisotopic (exact) mass is 506 g/mol. The summed E-state index contributed by atoms with van der Waals surface area (Å²) in [6, 6.07) is 17.8. The molecule has 0 saturated carbocycles. The second-order valence-electron chi connectivity index (χ2n) is 8.62. The van der Waals surface area contributed by atoms with E-state index >= 15 is 0 Å². The van der Waals surface area contributed by atoms with Crippen molar-refractivity contribution in [2.24, 2.45) is 0 Å². The number of nitrogens with zero attached hydrogens (tertiary/aromatic N) is 1. The van der Waals surface area contributed by atoms with E-state index < -0.39 is 11.6 Å². The first-order valence-electron chi connectivity index (χ1n) is 12.1. The highest BCUT2D eigenvalue weighted by Gasteiger charge is 2.15. The number of nitrogens with one attached hydrogen (secondary N) is 1. The van der Waals surface area contributed by atoms with Gasteiger partial charge in [-0.1, -0.05) is 37.3 Å². The number of carbonyl (C=O) groups is 1. The summed E-state index contributed by atoms with van der Waals surface area (Å²) in [5, 5.41) is 13.0. The molecule has 0 heterocycles. The molecular formula is C30H32F2N2O3. The zero-order valence-electron chi connectivity index (χ0n) is 21.3. The quantitative estimate of drug-likeness (QED) is 0.200. The molecule has 0 spiro atoms. The number of rotatable bonds is 11. The van der Waals surface area contributed by atoms with Crippen molar-refractivity contribution >= 4 is 17.1 Å². The van der Waals surface area contributed by atoms with Gasteiger partial charge in [-0.05, 0) is 70.7 Å². The molecule has 3 rings (SSSR count). The normalized spacial score (nSPS) is 11.9. The summed E-state index contributed by atoms with van der Waals surface area (Å²) in [5.41, 5.74) is 3.74. The van der Waals surface area contributed by atoms with Crippen LogP contribution in [-0.4, -0.2) is 49.7 Å². The zero-order chi connectivity index (χ0) is 26.8. The van der Waals surface area contributed by atoms with Gasteiger partial charge < -0.3 is 20.1 Å². The number of carbonyl (C=O) groups excluding carboxylic acids is 1. The second kappa shape index (κ2) is 13.4. The molecule has 0 unspecified atom stereocenters. The largest absolute Gasteiger partial charge is 0.508 e. The van der Waals surface area contributed by atoms with Crippen molar-refractivity contribution in [1.29, 1.82) is 0 Å². The van der Waals surface area contributed by atoms with E-state index in [0.29, 0.717) is 37.4 Å². The molecule has 0 aliphatic carbocycles. The molecule has 0 radical (unpaired) electrons. The van der Waals surface area contributed by atoms with Gasteiger partial charge in [0.1, 0.15) is 29.7 Å². The standard InChI is InChI=1S/C30H32F2N2O3/c1-4-28(23-18-24(31)20-25(32)19-23)30(21-7-11-26(35)12-8-21)22-9-13-27(14-10-22)37-17-16-33-15-5-6-29(36)34(2)3/h5-14,18-20,33,35H,4,15-17H2,1-3H3/b6-5+,30-28-. The lowest BCUT2D eigenvalue weighted by atomic mass is 9.88. The average molecular weight is 507 g/mol. The van der Waals surface area contributed by atoms with Crippen LogP contribution in [-0.2, 0) is 4.79 Å². The molecule has 0 bridgehead atoms. The van der Waals surface area contributed by atoms with Crippen LogP contribution in [0.4, 0.5) is 8.78 Å². The molecule has 0 aliphatic rings. The Bertz CT molecular complexity index is 1230. The first-order chi connectivity index (χ1) is 17.8. The van der Waals surface area contributed by atoms with Crippen LogP contribution < -0.4 is 10.1 Å². The third kappa shape index (κ3) is 8.02. The fourth-order valence-electron chi connectivity index (χ4n) is 3.85. The highest BCUT2D eigenvalue weighted by atomic mass is 19.1. The van der Waals surface area contributed by atoms with Gasteiger partial charge in [-0.25, -0.2) is 8.78 Å². The molecule has 7 heteroatoms. The van der Waals surface area contributed by atoms with Gasteiger partial charge in [-0.15, -0.1) is 0 Å². The number of phenols is 1. The Hall–Kier alpha value is -3.97. The molecule has 3 aromatic carbocycles. The minimum atomic E-state index is -0.636. The van der Waals surface area contributed by atoms with Crippen LogP contribution in [0.5, 0.6) is 11.5 Å². The number of amides is 1. The van der Waals surface area contributed by atoms with Crippen LogP contribution in [0.25, 0.3) is 11.1 Å². The van der Waals surface area contributed by atoms with Crippen molar-refractivity contribution < 1.29 is 23.4 Å². The van der Waals surface area contributed by atoms with Crippen molar-refractivity contribution in [3.8, 4) is 11.5 Å². The Morgan fingerprint density at radius 3 is 2.11 bits per heavy atom. The summed E-state index contributed by atoms with van der Waals surface area (Å²) in [7, 11) is 3.40. The summed E-state index contributed by atoms with van der Waals surface area (Å²) < 4.78 is 33.9. The van der Waals surface area contributed by atoms with E-state index in [1.165, 1.54) is 23.1 Å². The third-order valence-electron chi connectivity index (χ3n) is 5.68. The van der Waals surface area contributed by atoms with Crippen molar-refractivity contribution in [2.75, 3.05) is 33.8 Å². The Kier molecular flexibility index (Phi) is 9.98. The number of benzene rings is 3. The maximum atomic E-state index is 14.0. The summed E-state index contributed by atoms with van der Waals surface area (Å²) in [5.74, 6) is -0.516. The highest BCUT2D eigenvalue weighted by molar-refractivity contribution is 5.98. The van der Waals surface area contributed by atoms with Crippen LogP contribution in [0, 0.1) is 11.6 Å². The summed E-state index contributed by atoms with van der Waals surface area (Å²) >= 11 is 0. The molecule has 0 aliphatic heterocycles. The van der Waals surface area contributed by atoms with E-state index in [2.05, 4.69) is 5.32 Å². The van der Waals surface area contributed by atoms with Crippen LogP contribution >= 0.6 is 0 Å². The van der Waals surface area contributed by atoms with Gasteiger partial charge in [0, 0.05) is 39.3 Å². The molecule has 3 aromatic rings. The molecule has 0 atom stereocenters. The van der Waals surface area contributed by atoms with Crippen LogP contribution in [0.1, 0.15) is 30.0 Å². The van der Waals surface area contributed by atoms with E-state index in [1.54, 1.807) is 44.4 Å². The van der Waals surface area contributed by atoms with Crippen molar-refractivity contribution in [2.45, 2.75) is 13.3 Å². The Balaban J connectivity index is 1.78. The summed E-state index contributed by atoms with van der Waals surface area (Å²) in [4.78, 5) is 13.0. The Labute approximate surface area is 216 Å². The van der Waals surface area contributed by atoms with Gasteiger partial charge in [0.25, 0.3) is 0 Å². The van der Waals surface area contributed by atoms with Crippen LogP contribution in [0.3, 0.4) is 0 Å². The van der Waals surface area contributed by atoms with E-state index in [-0.39, 0.29) is 11.7 Å². The lowest BCUT2D eigenvalue weighted by Crippen LogP contribution is -2.22. The molecule has 0 fully saturated rings. The number of phenolic OH excluding ortho intramolecular Hbond substituents is 1. The predicted octanol–water partition coefficient (Wildman–Crippen LogP) is 5.65. The molecule has 37 heavy (non-hydrogen) atoms. The van der Waals surface area contributed by atoms with Gasteiger partial charge in [0.2, 0.25) is 5.91 Å². The molecule has 1 amide bonds. The SMILES string of the molecule is CC/C(=C(\c1ccc(O)cc1)c1ccc(OCCNC/C=C/C(=O)N(C)C)cc1)c1cc(F)cc(F)c1. The summed E-state index contributed by atoms with van der Waals surface area (Å²) in [6.45, 7) is 3.54. The second-order valence-corrected chi connectivity index (χ2v) is 8.62. The fraction of sp³-hybridized carbons (Fsp3) is 0.233. The lowest BCUT2D eigenvalue weighted by Gasteiger charge is -2.17. The fourth-order valence-corrected chi connectivity index (χ4v) is 3.85. The number of hydrogen-bond acceptors (Lipinski definition) is 4. The maximum Gasteiger partial charge on any atom is 0.245 e. The zero-order valence-corrected chi connectivity index (χ0v) is 21.3. The number of hydrogen-bond donors (Lipinski definition) is 2. The highest BCUT2D eigenvalue weighted by Crippen LogP contribution is 2.36. The van der Waals surface area contributed by atoms with Gasteiger partial charge in [0.15, 0.2) is 0 Å². The summed E-state index contributed by atoms with van der Waals surface area (Å²) in [6.07, 6.45) is 3.83. The van der Waals surface area contributed by atoms with E-state index in [9.17, 15) is 18.7 Å². The molecule has 0 saturated heterocycles. The van der Waals surface area contributed by atoms with Gasteiger partial charge in [-0.2, -0.15) is 0 Å². The van der Waals surface area contributed by atoms with Gasteiger partial charge in [-0.3, -0.25) is 4.79 Å². The van der Waals surface area contributed by atoms with Crippen molar-refractivity contribution in [1.82, 2.24) is 10.2 Å². The minimum Gasteiger partial charge on any atom is -0.508 e. The first-order valence-corrected chi connectivity index (χ1v) is 12.1. The van der Waals surface area contributed by atoms with Crippen molar-refractivity contribution in [3.63, 3.8) is 0 Å². The molecule has 2 N–H and O–H groups in total. The minimum absolute atomic E-state index is 0.0624. The van der Waals surface area contributed by atoms with Crippen LogP contribution in [0.2, 0.25) is 0 Å². The number of ether oxygens (including phenoxy) is 1. The number of likely N-dealkylation sites (N-methyl/N-ethyl adjacent to an activating group) is 1. The lowest BCUT2D eigenvalue weighted by molar-refractivity contribution is -0.123. The average Bonchev–Trinajstić information content (AvgIpc) is 2.87. The van der Waals surface area contributed by atoms with E-state index in [1.807, 2.05) is 31.2 Å². The third-order valence-corrected chi connectivity index (χ3v) is 5.68. The van der Waals surface area contributed by atoms with Crippen molar-refractivity contribution in [3.05, 3.63) is 107 Å². The number of halogens is 2. The molecule has 5 nitrogen and oxygen atoms in total. The first kappa shape index (κ1) is 27.6. The predicted molar refractivity (Wildman–Crippen MR) is 143 cm³/mol. The molecule has 0 aromatic heterocycles. The van der Waals surface area contributed by atoms with E-state index in [4.69, 9.17) is 4.74 Å². The van der Waals surface area contributed by atoms with Gasteiger partial charge in [0.05, 0.1) is 0 Å². The maximum absolute atomic E-state index is 14.0. The number of aromatic hydroxyl groups is 1. The molecular weight excluding hydrogens is 474 g/mol. The Morgan fingerprint density at radius 1 is 0.946 bits per heavy atom. The van der Waals surface area contributed by atoms with Crippen LogP contribution in [0.15, 0.2) is 78.9 Å². The van der Waals surface area contributed by atoms with E-state index in [0.717, 1.165) is 28.3 Å². The topological polar surface area (TPSA) is 61.8 Å². The number of allylic oxidation sites excluding steroid dienone is 1. The Morgan fingerprint density at radius 2 is 1.54 bits per heavy atom.